The Labute approximate surface area is 206 Å². The number of hydrogen-bond acceptors (Lipinski definition) is 6. The molecule has 2 heterocycles. The van der Waals surface area contributed by atoms with E-state index < -0.39 is 5.97 Å². The Kier molecular flexibility index (Phi) is 7.87. The Morgan fingerprint density at radius 1 is 1.23 bits per heavy atom. The summed E-state index contributed by atoms with van der Waals surface area (Å²) in [5.74, 6) is 0.194. The predicted octanol–water partition coefficient (Wildman–Crippen LogP) is 3.40. The van der Waals surface area contributed by atoms with Gasteiger partial charge in [-0.1, -0.05) is 18.6 Å². The summed E-state index contributed by atoms with van der Waals surface area (Å²) in [6, 6.07) is 3.63. The van der Waals surface area contributed by atoms with Crippen LogP contribution in [0, 0.1) is 11.8 Å². The van der Waals surface area contributed by atoms with E-state index in [2.05, 4.69) is 15.6 Å². The number of amides is 2. The lowest BCUT2D eigenvalue weighted by Gasteiger charge is -2.30. The summed E-state index contributed by atoms with van der Waals surface area (Å²) in [5.41, 5.74) is 2.86. The quantitative estimate of drug-likeness (QED) is 0.559. The molecule has 2 aliphatic carbocycles. The molecule has 2 N–H and O–H groups in total. The van der Waals surface area contributed by atoms with E-state index in [1.54, 1.807) is 16.6 Å². The molecule has 2 aromatic heterocycles. The molecular weight excluding hydrogens is 448 g/mol. The smallest absolute Gasteiger partial charge is 0.317 e. The number of nitrogens with zero attached hydrogens (tertiary/aromatic N) is 5. The Morgan fingerprint density at radius 2 is 2.00 bits per heavy atom. The molecule has 2 aliphatic rings. The molecule has 0 aliphatic heterocycles. The van der Waals surface area contributed by atoms with Crippen molar-refractivity contribution in [2.24, 2.45) is 18.9 Å². The summed E-state index contributed by atoms with van der Waals surface area (Å²) in [6.07, 6.45) is 7.09. The van der Waals surface area contributed by atoms with Crippen molar-refractivity contribution in [1.82, 2.24) is 30.2 Å². The maximum Gasteiger partial charge on any atom is 0.317 e. The lowest BCUT2D eigenvalue weighted by Crippen LogP contribution is -2.41. The Morgan fingerprint density at radius 3 is 2.69 bits per heavy atom. The minimum atomic E-state index is -0.751. The van der Waals surface area contributed by atoms with Crippen LogP contribution in [0.4, 0.5) is 4.79 Å². The van der Waals surface area contributed by atoms with Crippen molar-refractivity contribution in [3.63, 3.8) is 0 Å². The molecule has 0 aromatic carbocycles. The number of hydrogen-bond donors (Lipinski definition) is 2. The van der Waals surface area contributed by atoms with Gasteiger partial charge in [-0.15, -0.1) is 5.10 Å². The predicted molar refractivity (Wildman–Crippen MR) is 130 cm³/mol. The summed E-state index contributed by atoms with van der Waals surface area (Å²) in [6.45, 7) is 3.09. The van der Waals surface area contributed by atoms with Crippen molar-refractivity contribution in [1.29, 1.82) is 0 Å². The van der Waals surface area contributed by atoms with E-state index >= 15 is 0 Å². The molecule has 0 unspecified atom stereocenters. The highest BCUT2D eigenvalue weighted by atomic mass is 16.5. The van der Waals surface area contributed by atoms with E-state index in [-0.39, 0.29) is 18.1 Å². The summed E-state index contributed by atoms with van der Waals surface area (Å²) >= 11 is 0. The van der Waals surface area contributed by atoms with Gasteiger partial charge in [0.05, 0.1) is 35.6 Å². The van der Waals surface area contributed by atoms with Crippen molar-refractivity contribution < 1.29 is 19.4 Å². The van der Waals surface area contributed by atoms with Crippen LogP contribution in [0.25, 0.3) is 11.4 Å². The third-order valence-electron chi connectivity index (χ3n) is 7.23. The Hall–Kier alpha value is -3.17. The first-order chi connectivity index (χ1) is 16.9. The van der Waals surface area contributed by atoms with E-state index in [4.69, 9.17) is 9.72 Å². The van der Waals surface area contributed by atoms with Crippen LogP contribution in [0.1, 0.15) is 63.3 Å². The van der Waals surface area contributed by atoms with E-state index in [1.165, 1.54) is 19.3 Å². The molecule has 2 aromatic rings. The van der Waals surface area contributed by atoms with Crippen LogP contribution in [-0.4, -0.2) is 61.7 Å². The molecule has 4 rings (SSSR count). The van der Waals surface area contributed by atoms with Crippen molar-refractivity contribution in [2.45, 2.75) is 70.9 Å². The van der Waals surface area contributed by atoms with E-state index in [0.717, 1.165) is 30.8 Å². The molecular formula is C25H36N6O4. The summed E-state index contributed by atoms with van der Waals surface area (Å²) in [7, 11) is 3.63. The van der Waals surface area contributed by atoms with Gasteiger partial charge < -0.3 is 20.1 Å². The maximum absolute atomic E-state index is 12.6. The number of pyridine rings is 1. The minimum absolute atomic E-state index is 0.109. The standard InChI is InChI=1S/C25H36N6O4/c1-4-19-22(35-18-10-6-9-17(13-18)24(32)33)12-11-20(27-19)23-21(31(3)29-28-23)14-26-25(34)30(2)15-16-7-5-8-16/h11-12,16-18H,4-10,13-15H2,1-3H3,(H,26,34)(H,32,33)/t17-,18-/m0/s1. The van der Waals surface area contributed by atoms with Crippen molar-refractivity contribution in [3.8, 4) is 17.1 Å². The maximum atomic E-state index is 12.6. The lowest BCUT2D eigenvalue weighted by atomic mass is 9.85. The van der Waals surface area contributed by atoms with Gasteiger partial charge >= 0.3 is 12.0 Å². The van der Waals surface area contributed by atoms with Crippen molar-refractivity contribution in [3.05, 3.63) is 23.5 Å². The average molecular weight is 485 g/mol. The van der Waals surface area contributed by atoms with Gasteiger partial charge in [-0.25, -0.2) is 14.5 Å². The van der Waals surface area contributed by atoms with Gasteiger partial charge in [0.1, 0.15) is 11.4 Å². The van der Waals surface area contributed by atoms with Crippen LogP contribution in [0.15, 0.2) is 12.1 Å². The van der Waals surface area contributed by atoms with Crippen LogP contribution in [0.3, 0.4) is 0 Å². The molecule has 2 amide bonds. The number of ether oxygens (including phenoxy) is 1. The first-order valence-electron chi connectivity index (χ1n) is 12.6. The van der Waals surface area contributed by atoms with Gasteiger partial charge in [-0.2, -0.15) is 0 Å². The number of aryl methyl sites for hydroxylation is 2. The number of nitrogens with one attached hydrogen (secondary N) is 1. The summed E-state index contributed by atoms with van der Waals surface area (Å²) in [5, 5.41) is 20.8. The van der Waals surface area contributed by atoms with Gasteiger partial charge in [0, 0.05) is 20.6 Å². The molecule has 0 radical (unpaired) electrons. The summed E-state index contributed by atoms with van der Waals surface area (Å²) < 4.78 is 7.87. The van der Waals surface area contributed by atoms with Crippen LogP contribution >= 0.6 is 0 Å². The highest BCUT2D eigenvalue weighted by Gasteiger charge is 2.29. The van der Waals surface area contributed by atoms with Crippen LogP contribution in [0.2, 0.25) is 0 Å². The van der Waals surface area contributed by atoms with Crippen molar-refractivity contribution in [2.75, 3.05) is 13.6 Å². The second-order valence-electron chi connectivity index (χ2n) is 9.78. The molecule has 2 atom stereocenters. The Bertz CT molecular complexity index is 1050. The second kappa shape index (κ2) is 11.0. The van der Waals surface area contributed by atoms with Crippen LogP contribution in [-0.2, 0) is 24.8 Å². The minimum Gasteiger partial charge on any atom is -0.488 e. The van der Waals surface area contributed by atoms with Gasteiger partial charge in [-0.05, 0) is 63.0 Å². The number of carbonyl (C=O) groups is 2. The SMILES string of the molecule is CCc1nc(-c2nnn(C)c2CNC(=O)N(C)CC2CCC2)ccc1O[C@H]1CCC[C@H](C(=O)O)C1. The van der Waals surface area contributed by atoms with Crippen LogP contribution in [0.5, 0.6) is 5.75 Å². The fourth-order valence-corrected chi connectivity index (χ4v) is 4.85. The number of carboxylic acid groups (broad SMARTS) is 1. The molecule has 0 bridgehead atoms. The molecule has 190 valence electrons. The van der Waals surface area contributed by atoms with Crippen molar-refractivity contribution >= 4 is 12.0 Å². The molecule has 35 heavy (non-hydrogen) atoms. The largest absolute Gasteiger partial charge is 0.488 e. The number of carboxylic acids is 1. The third-order valence-corrected chi connectivity index (χ3v) is 7.23. The first-order valence-corrected chi connectivity index (χ1v) is 12.6. The monoisotopic (exact) mass is 484 g/mol. The van der Waals surface area contributed by atoms with Gasteiger partial charge in [-0.3, -0.25) is 4.79 Å². The fourth-order valence-electron chi connectivity index (χ4n) is 4.85. The molecule has 0 saturated heterocycles. The lowest BCUT2D eigenvalue weighted by molar-refractivity contribution is -0.143. The topological polar surface area (TPSA) is 122 Å². The van der Waals surface area contributed by atoms with E-state index in [9.17, 15) is 14.7 Å². The highest BCUT2D eigenvalue weighted by molar-refractivity contribution is 5.74. The first kappa shape index (κ1) is 24.9. The molecule has 2 saturated carbocycles. The van der Waals surface area contributed by atoms with E-state index in [1.807, 2.05) is 26.1 Å². The van der Waals surface area contributed by atoms with Gasteiger partial charge in [0.2, 0.25) is 0 Å². The van der Waals surface area contributed by atoms with Crippen LogP contribution < -0.4 is 10.1 Å². The highest BCUT2D eigenvalue weighted by Crippen LogP contribution is 2.31. The second-order valence-corrected chi connectivity index (χ2v) is 9.78. The number of urea groups is 1. The van der Waals surface area contributed by atoms with Gasteiger partial charge in [0.15, 0.2) is 0 Å². The number of aromatic nitrogens is 4. The molecule has 2 fully saturated rings. The third kappa shape index (κ3) is 5.91. The number of aliphatic carboxylic acids is 1. The molecule has 0 spiro atoms. The zero-order valence-electron chi connectivity index (χ0n) is 20.9. The average Bonchev–Trinajstić information content (AvgIpc) is 3.20. The fraction of sp³-hybridized carbons (Fsp3) is 0.640. The normalized spacial score (nSPS) is 20.2. The Balaban J connectivity index is 1.44. The van der Waals surface area contributed by atoms with E-state index in [0.29, 0.717) is 48.9 Å². The zero-order valence-corrected chi connectivity index (χ0v) is 20.9. The zero-order chi connectivity index (χ0) is 24.9. The number of rotatable bonds is 9. The number of carbonyl (C=O) groups excluding carboxylic acids is 1. The molecule has 10 nitrogen and oxygen atoms in total. The molecule has 10 heteroatoms. The van der Waals surface area contributed by atoms with Gasteiger partial charge in [0.25, 0.3) is 0 Å². The summed E-state index contributed by atoms with van der Waals surface area (Å²) in [4.78, 5) is 30.5.